The summed E-state index contributed by atoms with van der Waals surface area (Å²) < 4.78 is 5.89. The van der Waals surface area contributed by atoms with Gasteiger partial charge in [0.15, 0.2) is 4.34 Å². The summed E-state index contributed by atoms with van der Waals surface area (Å²) in [5.74, 6) is 0.737. The number of carbonyl (C=O) groups excluding carboxylic acids is 1. The number of carbonyl (C=O) groups is 1. The van der Waals surface area contributed by atoms with Crippen molar-refractivity contribution < 1.29 is 9.53 Å². The average molecular weight is 324 g/mol. The van der Waals surface area contributed by atoms with E-state index in [0.29, 0.717) is 16.1 Å². The van der Waals surface area contributed by atoms with E-state index in [1.807, 2.05) is 0 Å². The number of ether oxygens (including phenoxy) is 1. The first-order chi connectivity index (χ1) is 10.1. The third kappa shape index (κ3) is 4.91. The first-order valence-electron chi connectivity index (χ1n) is 6.29. The van der Waals surface area contributed by atoms with Gasteiger partial charge in [-0.25, -0.2) is 4.79 Å². The molecule has 0 bridgehead atoms. The Morgan fingerprint density at radius 1 is 1.24 bits per heavy atom. The number of nitrogens with zero attached hydrogens (tertiary/aromatic N) is 2. The largest absolute Gasteiger partial charge is 0.497 e. The summed E-state index contributed by atoms with van der Waals surface area (Å²) in [5, 5.41) is 14.2. The van der Waals surface area contributed by atoms with Crippen molar-refractivity contribution in [3.8, 4) is 5.75 Å². The molecule has 6 nitrogen and oxygen atoms in total. The molecule has 0 unspecified atom stereocenters. The first kappa shape index (κ1) is 15.6. The van der Waals surface area contributed by atoms with Crippen molar-refractivity contribution in [3.63, 3.8) is 0 Å². The van der Waals surface area contributed by atoms with Crippen LogP contribution in [0.4, 0.5) is 15.6 Å². The third-order valence-corrected chi connectivity index (χ3v) is 4.24. The standard InChI is InChI=1S/C13H16N4O2S2/c1-8(2)20-13-17-16-12(21-13)15-11(18)14-9-4-6-10(19-3)7-5-9/h4-8H,1-3H3,(H2,14,15,16,18). The van der Waals surface area contributed by atoms with E-state index in [2.05, 4.69) is 34.7 Å². The molecule has 0 saturated heterocycles. The van der Waals surface area contributed by atoms with Crippen molar-refractivity contribution >= 4 is 39.9 Å². The van der Waals surface area contributed by atoms with Crippen molar-refractivity contribution in [1.82, 2.24) is 10.2 Å². The van der Waals surface area contributed by atoms with Crippen LogP contribution < -0.4 is 15.4 Å². The zero-order valence-corrected chi connectivity index (χ0v) is 13.5. The molecule has 0 radical (unpaired) electrons. The zero-order valence-electron chi connectivity index (χ0n) is 11.9. The number of hydrogen-bond donors (Lipinski definition) is 2. The van der Waals surface area contributed by atoms with Gasteiger partial charge in [0.1, 0.15) is 5.75 Å². The van der Waals surface area contributed by atoms with Crippen molar-refractivity contribution in [2.45, 2.75) is 23.4 Å². The van der Waals surface area contributed by atoms with Crippen LogP contribution in [0.2, 0.25) is 0 Å². The molecule has 0 aliphatic carbocycles. The lowest BCUT2D eigenvalue weighted by atomic mass is 10.3. The highest BCUT2D eigenvalue weighted by Gasteiger charge is 2.09. The second-order valence-corrected chi connectivity index (χ2v) is 7.15. The fourth-order valence-corrected chi connectivity index (χ4v) is 3.41. The van der Waals surface area contributed by atoms with Gasteiger partial charge in [0.05, 0.1) is 7.11 Å². The maximum atomic E-state index is 11.8. The summed E-state index contributed by atoms with van der Waals surface area (Å²) in [7, 11) is 1.59. The number of methoxy groups -OCH3 is 1. The second kappa shape index (κ2) is 7.28. The molecule has 21 heavy (non-hydrogen) atoms. The highest BCUT2D eigenvalue weighted by molar-refractivity contribution is 8.01. The molecule has 2 aromatic rings. The van der Waals surface area contributed by atoms with E-state index in [9.17, 15) is 4.79 Å². The van der Waals surface area contributed by atoms with Gasteiger partial charge in [-0.05, 0) is 24.3 Å². The van der Waals surface area contributed by atoms with E-state index in [0.717, 1.165) is 10.1 Å². The molecule has 1 heterocycles. The van der Waals surface area contributed by atoms with Crippen LogP contribution in [0.15, 0.2) is 28.6 Å². The monoisotopic (exact) mass is 324 g/mol. The summed E-state index contributed by atoms with van der Waals surface area (Å²) in [6, 6.07) is 6.73. The van der Waals surface area contributed by atoms with Gasteiger partial charge in [-0.3, -0.25) is 5.32 Å². The molecule has 1 aromatic heterocycles. The Hall–Kier alpha value is -1.80. The van der Waals surface area contributed by atoms with Gasteiger partial charge in [-0.2, -0.15) is 0 Å². The van der Waals surface area contributed by atoms with Gasteiger partial charge in [-0.1, -0.05) is 36.9 Å². The Morgan fingerprint density at radius 2 is 1.95 bits per heavy atom. The van der Waals surface area contributed by atoms with Crippen LogP contribution in [0.25, 0.3) is 0 Å². The summed E-state index contributed by atoms with van der Waals surface area (Å²) >= 11 is 2.97. The average Bonchev–Trinajstić information content (AvgIpc) is 2.85. The number of rotatable bonds is 5. The van der Waals surface area contributed by atoms with Crippen molar-refractivity contribution in [2.75, 3.05) is 17.7 Å². The van der Waals surface area contributed by atoms with Gasteiger partial charge in [0.25, 0.3) is 0 Å². The van der Waals surface area contributed by atoms with Gasteiger partial charge >= 0.3 is 6.03 Å². The Morgan fingerprint density at radius 3 is 2.57 bits per heavy atom. The third-order valence-electron chi connectivity index (χ3n) is 2.31. The van der Waals surface area contributed by atoms with Crippen LogP contribution in [0.3, 0.4) is 0 Å². The van der Waals surface area contributed by atoms with Crippen molar-refractivity contribution in [1.29, 1.82) is 0 Å². The normalized spacial score (nSPS) is 10.5. The summed E-state index contributed by atoms with van der Waals surface area (Å²) in [6.07, 6.45) is 0. The van der Waals surface area contributed by atoms with Gasteiger partial charge in [-0.15, -0.1) is 10.2 Å². The molecule has 0 saturated carbocycles. The van der Waals surface area contributed by atoms with E-state index >= 15 is 0 Å². The van der Waals surface area contributed by atoms with E-state index in [1.165, 1.54) is 11.3 Å². The number of benzene rings is 1. The number of hydrogen-bond acceptors (Lipinski definition) is 6. The number of urea groups is 1. The molecule has 0 spiro atoms. The number of thioether (sulfide) groups is 1. The van der Waals surface area contributed by atoms with Crippen LogP contribution >= 0.6 is 23.1 Å². The molecule has 112 valence electrons. The maximum absolute atomic E-state index is 11.8. The molecule has 0 atom stereocenters. The number of aromatic nitrogens is 2. The lowest BCUT2D eigenvalue weighted by Gasteiger charge is -2.05. The SMILES string of the molecule is COc1ccc(NC(=O)Nc2nnc(SC(C)C)s2)cc1. The second-order valence-electron chi connectivity index (χ2n) is 4.35. The molecular formula is C13H16N4O2S2. The van der Waals surface area contributed by atoms with Gasteiger partial charge < -0.3 is 10.1 Å². The van der Waals surface area contributed by atoms with Crippen LogP contribution in [-0.4, -0.2) is 28.6 Å². The first-order valence-corrected chi connectivity index (χ1v) is 7.98. The smallest absolute Gasteiger partial charge is 0.325 e. The van der Waals surface area contributed by atoms with Crippen molar-refractivity contribution in [2.24, 2.45) is 0 Å². The summed E-state index contributed by atoms with van der Waals surface area (Å²) in [5.41, 5.74) is 0.676. The molecule has 2 N–H and O–H groups in total. The number of amides is 2. The quantitative estimate of drug-likeness (QED) is 0.648. The minimum Gasteiger partial charge on any atom is -0.497 e. The Labute approximate surface area is 131 Å². The summed E-state index contributed by atoms with van der Waals surface area (Å²) in [6.45, 7) is 4.16. The molecule has 8 heteroatoms. The highest BCUT2D eigenvalue weighted by Crippen LogP contribution is 2.28. The zero-order chi connectivity index (χ0) is 15.2. The fourth-order valence-electron chi connectivity index (χ4n) is 1.44. The Balaban J connectivity index is 1.90. The van der Waals surface area contributed by atoms with Crippen LogP contribution in [-0.2, 0) is 0 Å². The van der Waals surface area contributed by atoms with Gasteiger partial charge in [0, 0.05) is 10.9 Å². The molecule has 0 fully saturated rings. The number of anilines is 2. The lowest BCUT2D eigenvalue weighted by molar-refractivity contribution is 0.262. The topological polar surface area (TPSA) is 76.1 Å². The predicted octanol–water partition coefficient (Wildman–Crippen LogP) is 3.69. The Bertz CT molecular complexity index is 598. The molecule has 0 aliphatic heterocycles. The number of nitrogens with one attached hydrogen (secondary N) is 2. The molecule has 0 aliphatic rings. The van der Waals surface area contributed by atoms with Crippen LogP contribution in [0, 0.1) is 0 Å². The summed E-state index contributed by atoms with van der Waals surface area (Å²) in [4.78, 5) is 11.8. The Kier molecular flexibility index (Phi) is 5.40. The minimum absolute atomic E-state index is 0.350. The minimum atomic E-state index is -0.350. The fraction of sp³-hybridized carbons (Fsp3) is 0.308. The molecular weight excluding hydrogens is 308 g/mol. The van der Waals surface area contributed by atoms with Crippen LogP contribution in [0.1, 0.15) is 13.8 Å². The molecule has 1 aromatic carbocycles. The van der Waals surface area contributed by atoms with E-state index in [-0.39, 0.29) is 6.03 Å². The molecule has 2 rings (SSSR count). The van der Waals surface area contributed by atoms with Gasteiger partial charge in [0.2, 0.25) is 5.13 Å². The highest BCUT2D eigenvalue weighted by atomic mass is 32.2. The maximum Gasteiger partial charge on any atom is 0.325 e. The van der Waals surface area contributed by atoms with E-state index in [1.54, 1.807) is 43.1 Å². The van der Waals surface area contributed by atoms with E-state index < -0.39 is 0 Å². The van der Waals surface area contributed by atoms with E-state index in [4.69, 9.17) is 4.74 Å². The molecule has 2 amide bonds. The lowest BCUT2D eigenvalue weighted by Crippen LogP contribution is -2.19. The van der Waals surface area contributed by atoms with Crippen LogP contribution in [0.5, 0.6) is 5.75 Å². The van der Waals surface area contributed by atoms with Crippen molar-refractivity contribution in [3.05, 3.63) is 24.3 Å². The predicted molar refractivity (Wildman–Crippen MR) is 86.5 cm³/mol.